The minimum Gasteiger partial charge on any atom is -0.270 e. The first kappa shape index (κ1) is 27.8. The molecular weight excluding hydrogens is 375 g/mol. The number of rotatable bonds is 23. The van der Waals surface area contributed by atoms with Crippen LogP contribution in [-0.4, -0.2) is 27.5 Å². The zero-order chi connectivity index (χ0) is 20.8. The summed E-state index contributed by atoms with van der Waals surface area (Å²) >= 11 is 0. The lowest BCUT2D eigenvalue weighted by molar-refractivity contribution is 0.305. The van der Waals surface area contributed by atoms with Gasteiger partial charge in [-0.3, -0.25) is 8.57 Å². The highest BCUT2D eigenvalue weighted by atomic mass is 32.2. The summed E-state index contributed by atoms with van der Waals surface area (Å²) < 4.78 is 40.7. The quantitative estimate of drug-likeness (QED) is 0.125. The largest absolute Gasteiger partial charge is 0.270 e. The molecule has 0 unspecified atom stereocenters. The maximum Gasteiger partial charge on any atom is 0.267 e. The molecule has 0 aliphatic carbocycles. The van der Waals surface area contributed by atoms with Crippen LogP contribution in [0.15, 0.2) is 0 Å². The SMILES string of the molecule is CCCCCCCCCCCCCCOS(=O)(=O)CCCCCCCCCF. The Kier molecular flexibility index (Phi) is 21.4. The maximum absolute atomic E-state index is 12.0. The number of unbranched alkanes of at least 4 members (excludes halogenated alkanes) is 17. The van der Waals surface area contributed by atoms with Gasteiger partial charge in [0.2, 0.25) is 0 Å². The summed E-state index contributed by atoms with van der Waals surface area (Å²) in [5, 5.41) is 0. The molecule has 28 heavy (non-hydrogen) atoms. The molecule has 0 spiro atoms. The molecule has 170 valence electrons. The average molecular weight is 423 g/mol. The highest BCUT2D eigenvalue weighted by Gasteiger charge is 2.10. The highest BCUT2D eigenvalue weighted by molar-refractivity contribution is 7.86. The summed E-state index contributed by atoms with van der Waals surface area (Å²) in [4.78, 5) is 0. The number of hydrogen-bond donors (Lipinski definition) is 0. The van der Waals surface area contributed by atoms with E-state index >= 15 is 0 Å². The van der Waals surface area contributed by atoms with Gasteiger partial charge in [0.1, 0.15) is 0 Å². The fraction of sp³-hybridized carbons (Fsp3) is 1.00. The number of alkyl halides is 1. The number of halogens is 1. The molecule has 3 nitrogen and oxygen atoms in total. The van der Waals surface area contributed by atoms with E-state index in [4.69, 9.17) is 4.18 Å². The molecule has 0 aliphatic heterocycles. The van der Waals surface area contributed by atoms with Crippen molar-refractivity contribution < 1.29 is 17.0 Å². The summed E-state index contributed by atoms with van der Waals surface area (Å²) in [6.45, 7) is 2.36. The Bertz CT molecular complexity index is 399. The van der Waals surface area contributed by atoms with Gasteiger partial charge in [-0.2, -0.15) is 8.42 Å². The first-order valence-electron chi connectivity index (χ1n) is 12.1. The van der Waals surface area contributed by atoms with Crippen LogP contribution in [0.1, 0.15) is 129 Å². The van der Waals surface area contributed by atoms with Gasteiger partial charge in [-0.25, -0.2) is 0 Å². The Morgan fingerprint density at radius 3 is 1.43 bits per heavy atom. The minimum absolute atomic E-state index is 0.135. The second-order valence-electron chi connectivity index (χ2n) is 8.14. The van der Waals surface area contributed by atoms with Gasteiger partial charge in [-0.05, 0) is 19.3 Å². The second kappa shape index (κ2) is 21.5. The summed E-state index contributed by atoms with van der Waals surface area (Å²) in [5.41, 5.74) is 0. The molecule has 0 saturated heterocycles. The molecule has 0 fully saturated rings. The predicted octanol–water partition coefficient (Wildman–Crippen LogP) is 7.73. The molecule has 0 saturated carbocycles. The van der Waals surface area contributed by atoms with Crippen molar-refractivity contribution in [3.63, 3.8) is 0 Å². The lowest BCUT2D eigenvalue weighted by atomic mass is 10.1. The van der Waals surface area contributed by atoms with Crippen LogP contribution in [0, 0.1) is 0 Å². The van der Waals surface area contributed by atoms with Crippen LogP contribution >= 0.6 is 0 Å². The topological polar surface area (TPSA) is 43.4 Å². The lowest BCUT2D eigenvalue weighted by Gasteiger charge is -2.06. The van der Waals surface area contributed by atoms with Gasteiger partial charge in [0.15, 0.2) is 0 Å². The van der Waals surface area contributed by atoms with Crippen LogP contribution in [0.25, 0.3) is 0 Å². The lowest BCUT2D eigenvalue weighted by Crippen LogP contribution is -2.11. The van der Waals surface area contributed by atoms with E-state index in [1.165, 1.54) is 64.2 Å². The van der Waals surface area contributed by atoms with Gasteiger partial charge in [-0.15, -0.1) is 0 Å². The summed E-state index contributed by atoms with van der Waals surface area (Å²) in [7, 11) is -3.35. The Balaban J connectivity index is 3.31. The summed E-state index contributed by atoms with van der Waals surface area (Å²) in [6.07, 6.45) is 21.5. The third-order valence-corrected chi connectivity index (χ3v) is 6.60. The molecule has 5 heteroatoms. The van der Waals surface area contributed by atoms with E-state index in [2.05, 4.69) is 6.92 Å². The van der Waals surface area contributed by atoms with Crippen molar-refractivity contribution in [2.75, 3.05) is 19.0 Å². The van der Waals surface area contributed by atoms with Crippen LogP contribution in [0.4, 0.5) is 4.39 Å². The van der Waals surface area contributed by atoms with E-state index in [0.29, 0.717) is 19.4 Å². The third kappa shape index (κ3) is 22.1. The van der Waals surface area contributed by atoms with Gasteiger partial charge in [0, 0.05) is 0 Å². The molecule has 0 aliphatic rings. The minimum atomic E-state index is -3.35. The van der Waals surface area contributed by atoms with Crippen molar-refractivity contribution in [3.05, 3.63) is 0 Å². The van der Waals surface area contributed by atoms with Gasteiger partial charge >= 0.3 is 0 Å². The second-order valence-corrected chi connectivity index (χ2v) is 9.90. The van der Waals surface area contributed by atoms with Crippen molar-refractivity contribution in [1.82, 2.24) is 0 Å². The molecular formula is C23H47FO3S. The third-order valence-electron chi connectivity index (χ3n) is 5.29. The zero-order valence-electron chi connectivity index (χ0n) is 18.6. The molecule has 0 radical (unpaired) electrons. The molecule has 0 aromatic rings. The van der Waals surface area contributed by atoms with E-state index in [1.807, 2.05) is 0 Å². The van der Waals surface area contributed by atoms with Crippen LogP contribution < -0.4 is 0 Å². The maximum atomic E-state index is 12.0. The predicted molar refractivity (Wildman–Crippen MR) is 119 cm³/mol. The molecule has 0 aromatic heterocycles. The molecule has 0 amide bonds. The van der Waals surface area contributed by atoms with Gasteiger partial charge in [-0.1, -0.05) is 110 Å². The Morgan fingerprint density at radius 1 is 0.571 bits per heavy atom. The monoisotopic (exact) mass is 422 g/mol. The Morgan fingerprint density at radius 2 is 0.964 bits per heavy atom. The van der Waals surface area contributed by atoms with Gasteiger partial charge in [0.25, 0.3) is 10.1 Å². The Hall–Kier alpha value is -0.160. The van der Waals surface area contributed by atoms with Crippen LogP contribution in [-0.2, 0) is 14.3 Å². The molecule has 0 atom stereocenters. The van der Waals surface area contributed by atoms with E-state index in [9.17, 15) is 12.8 Å². The average Bonchev–Trinajstić information content (AvgIpc) is 2.67. The van der Waals surface area contributed by atoms with Crippen LogP contribution in [0.3, 0.4) is 0 Å². The van der Waals surface area contributed by atoms with Gasteiger partial charge < -0.3 is 0 Å². The molecule has 0 rings (SSSR count). The molecule has 0 N–H and O–H groups in total. The zero-order valence-corrected chi connectivity index (χ0v) is 19.4. The van der Waals surface area contributed by atoms with Crippen LogP contribution in [0.5, 0.6) is 0 Å². The smallest absolute Gasteiger partial charge is 0.267 e. The van der Waals surface area contributed by atoms with Gasteiger partial charge in [0.05, 0.1) is 19.0 Å². The molecule has 0 heterocycles. The number of hydrogen-bond acceptors (Lipinski definition) is 3. The first-order valence-corrected chi connectivity index (χ1v) is 13.6. The Labute approximate surface area is 175 Å². The standard InChI is InChI=1S/C23H47FO3S/c1-2-3-4-5-6-7-8-9-10-13-16-19-22-27-28(25,26)23-20-17-14-11-12-15-18-21-24/h2-23H2,1H3. The highest BCUT2D eigenvalue weighted by Crippen LogP contribution is 2.13. The van der Waals surface area contributed by atoms with Crippen molar-refractivity contribution in [2.24, 2.45) is 0 Å². The molecule has 0 aromatic carbocycles. The van der Waals surface area contributed by atoms with E-state index < -0.39 is 10.1 Å². The fourth-order valence-corrected chi connectivity index (χ4v) is 4.49. The normalized spacial score (nSPS) is 11.9. The van der Waals surface area contributed by atoms with E-state index in [1.54, 1.807) is 0 Å². The van der Waals surface area contributed by atoms with Crippen molar-refractivity contribution in [3.8, 4) is 0 Å². The van der Waals surface area contributed by atoms with E-state index in [0.717, 1.165) is 44.9 Å². The summed E-state index contributed by atoms with van der Waals surface area (Å²) in [6, 6.07) is 0. The van der Waals surface area contributed by atoms with Crippen LogP contribution in [0.2, 0.25) is 0 Å². The fourth-order valence-electron chi connectivity index (χ4n) is 3.45. The van der Waals surface area contributed by atoms with Crippen molar-refractivity contribution >= 4 is 10.1 Å². The molecule has 0 bridgehead atoms. The van der Waals surface area contributed by atoms with Crippen molar-refractivity contribution in [2.45, 2.75) is 129 Å². The van der Waals surface area contributed by atoms with E-state index in [-0.39, 0.29) is 12.4 Å². The van der Waals surface area contributed by atoms with Crippen molar-refractivity contribution in [1.29, 1.82) is 0 Å². The first-order chi connectivity index (χ1) is 13.6. The summed E-state index contributed by atoms with van der Waals surface area (Å²) in [5.74, 6) is 0.135.